The third kappa shape index (κ3) is 6.22. The minimum absolute atomic E-state index is 0.194. The zero-order valence-corrected chi connectivity index (χ0v) is 27.2. The van der Waals surface area contributed by atoms with Gasteiger partial charge in [0.15, 0.2) is 0 Å². The van der Waals surface area contributed by atoms with E-state index >= 15 is 0 Å². The molecule has 14 heteroatoms. The molecular formula is C31H29N5O6S3. The van der Waals surface area contributed by atoms with Gasteiger partial charge in [0.25, 0.3) is 21.6 Å². The Labute approximate surface area is 267 Å². The van der Waals surface area contributed by atoms with Gasteiger partial charge in [0.1, 0.15) is 20.0 Å². The number of thiazole rings is 1. The van der Waals surface area contributed by atoms with Gasteiger partial charge in [-0.3, -0.25) is 23.7 Å². The molecule has 2 aliphatic heterocycles. The van der Waals surface area contributed by atoms with Gasteiger partial charge in [-0.1, -0.05) is 23.9 Å². The van der Waals surface area contributed by atoms with Crippen LogP contribution in [0.4, 0.5) is 11.4 Å². The number of benzene rings is 2. The number of pyridine rings is 1. The maximum atomic E-state index is 13.7. The summed E-state index contributed by atoms with van der Waals surface area (Å²) in [6, 6.07) is 15.3. The van der Waals surface area contributed by atoms with Crippen molar-refractivity contribution in [3.05, 3.63) is 105 Å². The predicted octanol–water partition coefficient (Wildman–Crippen LogP) is 3.62. The molecule has 0 unspecified atom stereocenters. The van der Waals surface area contributed by atoms with Crippen molar-refractivity contribution in [3.63, 3.8) is 0 Å². The molecular weight excluding hydrogens is 635 g/mol. The Morgan fingerprint density at radius 1 is 1.04 bits per heavy atom. The highest BCUT2D eigenvalue weighted by molar-refractivity contribution is 8.08. The number of hydrogen-bond acceptors (Lipinski definition) is 10. The summed E-state index contributed by atoms with van der Waals surface area (Å²) in [5.41, 5.74) is 2.14. The van der Waals surface area contributed by atoms with Crippen LogP contribution in [0, 0.1) is 6.92 Å². The van der Waals surface area contributed by atoms with Crippen molar-refractivity contribution in [2.24, 2.45) is 5.10 Å². The van der Waals surface area contributed by atoms with Crippen molar-refractivity contribution in [2.45, 2.75) is 30.2 Å². The van der Waals surface area contributed by atoms with Gasteiger partial charge in [0.2, 0.25) is 0 Å². The molecule has 0 bridgehead atoms. The number of ether oxygens (including phenoxy) is 1. The number of carbonyl (C=O) groups excluding carboxylic acids is 1. The zero-order chi connectivity index (χ0) is 32.5. The number of fused-ring (bicyclic) bond motifs is 1. The van der Waals surface area contributed by atoms with Crippen molar-refractivity contribution < 1.29 is 22.5 Å². The van der Waals surface area contributed by atoms with Gasteiger partial charge in [-0.15, -0.1) is 17.9 Å². The predicted molar refractivity (Wildman–Crippen MR) is 178 cm³/mol. The summed E-state index contributed by atoms with van der Waals surface area (Å²) >= 11 is 2.69. The minimum atomic E-state index is -4.40. The van der Waals surface area contributed by atoms with E-state index < -0.39 is 16.0 Å². The van der Waals surface area contributed by atoms with E-state index in [4.69, 9.17) is 4.74 Å². The van der Waals surface area contributed by atoms with Crippen LogP contribution in [0.25, 0.3) is 10.6 Å². The normalized spacial score (nSPS) is 16.6. The molecule has 0 fully saturated rings. The first-order valence-electron chi connectivity index (χ1n) is 13.5. The third-order valence-electron chi connectivity index (χ3n) is 6.92. The summed E-state index contributed by atoms with van der Waals surface area (Å²) in [5, 5.41) is 6.36. The number of rotatable bonds is 5. The number of hydrogen-bond donors (Lipinski definition) is 1. The Bertz CT molecular complexity index is 2110. The van der Waals surface area contributed by atoms with Crippen molar-refractivity contribution in [1.82, 2.24) is 9.55 Å². The number of hydrazone groups is 1. The smallest absolute Gasteiger partial charge is 0.294 e. The van der Waals surface area contributed by atoms with Crippen LogP contribution >= 0.6 is 23.1 Å². The van der Waals surface area contributed by atoms with Gasteiger partial charge < -0.3 is 9.64 Å². The molecule has 1 N–H and O–H groups in total. The molecule has 232 valence electrons. The van der Waals surface area contributed by atoms with Crippen LogP contribution in [-0.4, -0.2) is 48.3 Å². The summed E-state index contributed by atoms with van der Waals surface area (Å²) in [6.45, 7) is 7.28. The van der Waals surface area contributed by atoms with Gasteiger partial charge in [-0.05, 0) is 61.9 Å². The van der Waals surface area contributed by atoms with Crippen molar-refractivity contribution >= 4 is 66.8 Å². The van der Waals surface area contributed by atoms with Crippen LogP contribution in [0.1, 0.15) is 12.5 Å². The summed E-state index contributed by atoms with van der Waals surface area (Å²) in [6.07, 6.45) is 5.10. The van der Waals surface area contributed by atoms with Crippen LogP contribution in [0.3, 0.4) is 0 Å². The number of thioether (sulfide) groups is 1. The van der Waals surface area contributed by atoms with Gasteiger partial charge >= 0.3 is 0 Å². The summed E-state index contributed by atoms with van der Waals surface area (Å²) in [7, 11) is -0.921. The highest BCUT2D eigenvalue weighted by Gasteiger charge is 2.33. The minimum Gasteiger partial charge on any atom is -0.497 e. The first-order chi connectivity index (χ1) is 21.5. The van der Waals surface area contributed by atoms with Gasteiger partial charge in [-0.2, -0.15) is 18.5 Å². The summed E-state index contributed by atoms with van der Waals surface area (Å²) in [5.74, 6) is 0.253. The fourth-order valence-electron chi connectivity index (χ4n) is 4.73. The summed E-state index contributed by atoms with van der Waals surface area (Å²) < 4.78 is 40.2. The van der Waals surface area contributed by atoms with Crippen LogP contribution in [0.5, 0.6) is 5.75 Å². The fourth-order valence-corrected chi connectivity index (χ4v) is 7.83. The van der Waals surface area contributed by atoms with E-state index in [1.54, 1.807) is 39.4 Å². The van der Waals surface area contributed by atoms with Crippen molar-refractivity contribution in [2.75, 3.05) is 24.1 Å². The Morgan fingerprint density at radius 2 is 1.78 bits per heavy atom. The molecule has 0 radical (unpaired) electrons. The second kappa shape index (κ2) is 12.9. The number of methoxy groups -OCH3 is 1. The average Bonchev–Trinajstić information content (AvgIpc) is 3.63. The molecule has 2 aromatic carbocycles. The van der Waals surface area contributed by atoms with Crippen molar-refractivity contribution in [3.8, 4) is 5.75 Å². The molecule has 0 aliphatic carbocycles. The Morgan fingerprint density at radius 3 is 2.36 bits per heavy atom. The molecule has 0 saturated heterocycles. The lowest BCUT2D eigenvalue weighted by Crippen LogP contribution is -2.35. The SMILES string of the molecule is C=CCn1c(=O)/c(=C2/Sc3ccc(OC)cc3N2C)s/c1=C1\C(=O)N(c2ccc(S(=O)(=O)O)cc2C)N=C1C.c1ccncc1. The molecule has 0 saturated carbocycles. The van der Waals surface area contributed by atoms with Crippen LogP contribution < -0.4 is 29.4 Å². The van der Waals surface area contributed by atoms with Crippen LogP contribution in [0.2, 0.25) is 0 Å². The van der Waals surface area contributed by atoms with E-state index in [9.17, 15) is 22.6 Å². The Balaban J connectivity index is 0.000000598. The van der Waals surface area contributed by atoms with Gasteiger partial charge in [-0.25, -0.2) is 0 Å². The maximum Gasteiger partial charge on any atom is 0.294 e. The highest BCUT2D eigenvalue weighted by atomic mass is 32.2. The molecule has 4 aromatic rings. The van der Waals surface area contributed by atoms with Crippen LogP contribution in [0.15, 0.2) is 99.3 Å². The lowest BCUT2D eigenvalue weighted by Gasteiger charge is -2.15. The van der Waals surface area contributed by atoms with Crippen molar-refractivity contribution in [1.29, 1.82) is 0 Å². The highest BCUT2D eigenvalue weighted by Crippen LogP contribution is 2.46. The van der Waals surface area contributed by atoms with Gasteiger partial charge in [0.05, 0.1) is 34.7 Å². The lowest BCUT2D eigenvalue weighted by molar-refractivity contribution is -0.112. The second-order valence-electron chi connectivity index (χ2n) is 9.87. The number of carbonyl (C=O) groups is 1. The molecule has 4 heterocycles. The number of nitrogens with zero attached hydrogens (tertiary/aromatic N) is 5. The lowest BCUT2D eigenvalue weighted by atomic mass is 10.1. The molecule has 11 nitrogen and oxygen atoms in total. The molecule has 2 aromatic heterocycles. The Kier molecular flexibility index (Phi) is 9.11. The average molecular weight is 664 g/mol. The number of allylic oxidation sites excluding steroid dienone is 1. The zero-order valence-electron chi connectivity index (χ0n) is 24.8. The topological polar surface area (TPSA) is 134 Å². The first-order valence-corrected chi connectivity index (χ1v) is 16.6. The number of aromatic nitrogens is 2. The van der Waals surface area contributed by atoms with E-state index in [1.807, 2.05) is 48.3 Å². The van der Waals surface area contributed by atoms with E-state index in [-0.39, 0.29) is 22.6 Å². The first kappa shape index (κ1) is 31.9. The molecule has 2 aliphatic rings. The quantitative estimate of drug-likeness (QED) is 0.251. The number of anilines is 2. The fraction of sp³-hybridized carbons (Fsp3) is 0.161. The van der Waals surface area contributed by atoms with E-state index in [0.29, 0.717) is 31.9 Å². The number of amides is 1. The Hall–Kier alpha value is -4.50. The third-order valence-corrected chi connectivity index (χ3v) is 10.3. The van der Waals surface area contributed by atoms with E-state index in [0.717, 1.165) is 15.6 Å². The molecule has 6 rings (SSSR count). The van der Waals surface area contributed by atoms with Crippen LogP contribution in [-0.2, 0) is 21.5 Å². The molecule has 45 heavy (non-hydrogen) atoms. The summed E-state index contributed by atoms with van der Waals surface area (Å²) in [4.78, 5) is 33.8. The molecule has 0 spiro atoms. The monoisotopic (exact) mass is 663 g/mol. The second-order valence-corrected chi connectivity index (χ2v) is 13.3. The number of aryl methyl sites for hydroxylation is 1. The van der Waals surface area contributed by atoms with E-state index in [1.165, 1.54) is 50.9 Å². The molecule has 0 atom stereocenters. The van der Waals surface area contributed by atoms with E-state index in [2.05, 4.69) is 16.7 Å². The standard InChI is InChI=1S/C26H24N4O6S3.C5H5N/c1-6-11-29-24(32)22(26-28(4)19-13-16(36-5)7-10-20(19)37-26)38-25(29)21-15(3)27-30(23(21)31)18-9-8-17(12-14(18)2)39(33,34)35;1-2-4-6-5-3-1/h6-10,12-13H,1,11H2,2-5H3,(H,33,34,35);1-5H/b25-21-,26-22-;. The largest absolute Gasteiger partial charge is 0.497 e. The van der Waals surface area contributed by atoms with Gasteiger partial charge in [0, 0.05) is 36.9 Å². The molecule has 1 amide bonds. The maximum absolute atomic E-state index is 13.7.